The van der Waals surface area contributed by atoms with Crippen LogP contribution in [0.4, 0.5) is 5.00 Å². The van der Waals surface area contributed by atoms with Crippen molar-refractivity contribution in [2.24, 2.45) is 0 Å². The van der Waals surface area contributed by atoms with Crippen molar-refractivity contribution in [1.29, 1.82) is 0 Å². The molecule has 2 aromatic carbocycles. The SMILES string of the molecule is CC(C)Oc1ccc(C(=O)Nc2scc(C3CCc4ccccc4C3)c2C(=O)OI)cc1. The van der Waals surface area contributed by atoms with E-state index < -0.39 is 5.97 Å². The summed E-state index contributed by atoms with van der Waals surface area (Å²) in [6.07, 6.45) is 2.87. The first-order valence-corrected chi connectivity index (χ1v) is 12.3. The van der Waals surface area contributed by atoms with Gasteiger partial charge in [-0.05, 0) is 85.4 Å². The zero-order valence-electron chi connectivity index (χ0n) is 17.9. The zero-order chi connectivity index (χ0) is 22.7. The lowest BCUT2D eigenvalue weighted by Crippen LogP contribution is -2.17. The molecule has 1 amide bonds. The summed E-state index contributed by atoms with van der Waals surface area (Å²) < 4.78 is 10.7. The first kappa shape index (κ1) is 22.8. The van der Waals surface area contributed by atoms with Crippen molar-refractivity contribution < 1.29 is 17.4 Å². The highest BCUT2D eigenvalue weighted by molar-refractivity contribution is 14.1. The third kappa shape index (κ3) is 4.99. The number of aryl methyl sites for hydroxylation is 1. The Kier molecular flexibility index (Phi) is 7.15. The van der Waals surface area contributed by atoms with Crippen molar-refractivity contribution in [2.45, 2.75) is 45.1 Å². The molecule has 166 valence electrons. The lowest BCUT2D eigenvalue weighted by atomic mass is 9.80. The Morgan fingerprint density at radius 2 is 1.81 bits per heavy atom. The zero-order valence-corrected chi connectivity index (χ0v) is 20.9. The Hall–Kier alpha value is -2.39. The second-order valence-electron chi connectivity index (χ2n) is 8.11. The van der Waals surface area contributed by atoms with Gasteiger partial charge in [0.05, 0.1) is 11.7 Å². The number of hydrogen-bond donors (Lipinski definition) is 1. The van der Waals surface area contributed by atoms with Crippen molar-refractivity contribution >= 4 is 51.2 Å². The first-order chi connectivity index (χ1) is 15.5. The van der Waals surface area contributed by atoms with Gasteiger partial charge in [0, 0.05) is 5.56 Å². The van der Waals surface area contributed by atoms with Gasteiger partial charge < -0.3 is 13.1 Å². The number of halogens is 1. The number of anilines is 1. The Bertz CT molecular complexity index is 1120. The van der Waals surface area contributed by atoms with E-state index in [1.165, 1.54) is 22.5 Å². The van der Waals surface area contributed by atoms with E-state index in [4.69, 9.17) is 7.80 Å². The highest BCUT2D eigenvalue weighted by atomic mass is 127. The Morgan fingerprint density at radius 3 is 2.50 bits per heavy atom. The van der Waals surface area contributed by atoms with Crippen LogP contribution >= 0.6 is 34.3 Å². The Balaban J connectivity index is 1.56. The van der Waals surface area contributed by atoms with Gasteiger partial charge >= 0.3 is 5.97 Å². The van der Waals surface area contributed by atoms with Gasteiger partial charge in [-0.2, -0.15) is 0 Å². The summed E-state index contributed by atoms with van der Waals surface area (Å²) >= 11 is 2.97. The van der Waals surface area contributed by atoms with Crippen LogP contribution in [0.1, 0.15) is 63.6 Å². The number of nitrogens with one attached hydrogen (secondary N) is 1. The molecule has 0 spiro atoms. The molecule has 0 saturated heterocycles. The van der Waals surface area contributed by atoms with Crippen LogP contribution in [0.15, 0.2) is 53.9 Å². The number of carbonyl (C=O) groups is 2. The predicted molar refractivity (Wildman–Crippen MR) is 135 cm³/mol. The van der Waals surface area contributed by atoms with Gasteiger partial charge in [-0.25, -0.2) is 4.79 Å². The number of rotatable bonds is 6. The minimum absolute atomic E-state index is 0.0628. The number of ether oxygens (including phenoxy) is 1. The minimum Gasteiger partial charge on any atom is -0.491 e. The van der Waals surface area contributed by atoms with Crippen LogP contribution < -0.4 is 10.1 Å². The molecule has 1 heterocycles. The maximum absolute atomic E-state index is 12.9. The van der Waals surface area contributed by atoms with E-state index in [1.807, 2.05) is 19.2 Å². The van der Waals surface area contributed by atoms with Gasteiger partial charge in [0.15, 0.2) is 23.0 Å². The minimum atomic E-state index is -0.434. The fraction of sp³-hybridized carbons (Fsp3) is 0.280. The van der Waals surface area contributed by atoms with Gasteiger partial charge in [0.2, 0.25) is 0 Å². The molecular weight excluding hydrogens is 537 g/mol. The highest BCUT2D eigenvalue weighted by Crippen LogP contribution is 2.40. The van der Waals surface area contributed by atoms with Crippen molar-refractivity contribution in [3.8, 4) is 5.75 Å². The molecule has 1 N–H and O–H groups in total. The van der Waals surface area contributed by atoms with E-state index in [0.29, 0.717) is 21.9 Å². The van der Waals surface area contributed by atoms with E-state index in [1.54, 1.807) is 47.3 Å². The first-order valence-electron chi connectivity index (χ1n) is 10.6. The molecule has 0 fully saturated rings. The summed E-state index contributed by atoms with van der Waals surface area (Å²) in [5.74, 6) is 0.217. The molecule has 0 radical (unpaired) electrons. The summed E-state index contributed by atoms with van der Waals surface area (Å²) in [6.45, 7) is 3.90. The van der Waals surface area contributed by atoms with Crippen molar-refractivity contribution in [1.82, 2.24) is 0 Å². The summed E-state index contributed by atoms with van der Waals surface area (Å²) in [6, 6.07) is 15.4. The van der Waals surface area contributed by atoms with Gasteiger partial charge in [0.1, 0.15) is 10.8 Å². The summed E-state index contributed by atoms with van der Waals surface area (Å²) in [4.78, 5) is 25.5. The standard InChI is InChI=1S/C25H24INO4S/c1-15(2)30-20-11-9-17(10-12-20)23(28)27-24-22(25(29)31-26)21(14-32-24)19-8-7-16-5-3-4-6-18(16)13-19/h3-6,9-12,14-15,19H,7-8,13H2,1-2H3,(H,27,28). The molecule has 7 heteroatoms. The summed E-state index contributed by atoms with van der Waals surface area (Å²) in [5.41, 5.74) is 4.59. The molecule has 0 aliphatic heterocycles. The molecule has 1 unspecified atom stereocenters. The van der Waals surface area contributed by atoms with Crippen LogP contribution in [-0.4, -0.2) is 18.0 Å². The Morgan fingerprint density at radius 1 is 1.09 bits per heavy atom. The van der Waals surface area contributed by atoms with E-state index >= 15 is 0 Å². The number of carbonyl (C=O) groups excluding carboxylic acids is 2. The number of fused-ring (bicyclic) bond motifs is 1. The maximum atomic E-state index is 12.9. The largest absolute Gasteiger partial charge is 0.491 e. The number of hydrogen-bond acceptors (Lipinski definition) is 5. The second-order valence-corrected chi connectivity index (χ2v) is 9.43. The highest BCUT2D eigenvalue weighted by Gasteiger charge is 2.29. The fourth-order valence-corrected chi connectivity index (χ4v) is 5.35. The molecule has 1 aliphatic rings. The third-order valence-electron chi connectivity index (χ3n) is 5.60. The molecule has 0 saturated carbocycles. The van der Waals surface area contributed by atoms with Crippen LogP contribution in [0.2, 0.25) is 0 Å². The van der Waals surface area contributed by atoms with Gasteiger partial charge in [-0.1, -0.05) is 24.3 Å². The normalized spacial score (nSPS) is 15.2. The number of amides is 1. The average Bonchev–Trinajstić information content (AvgIpc) is 3.21. The van der Waals surface area contributed by atoms with Crippen LogP contribution in [-0.2, 0) is 15.9 Å². The summed E-state index contributed by atoms with van der Waals surface area (Å²) in [5, 5.41) is 5.42. The van der Waals surface area contributed by atoms with Crippen molar-refractivity contribution in [3.63, 3.8) is 0 Å². The molecule has 4 rings (SSSR count). The van der Waals surface area contributed by atoms with E-state index in [2.05, 4.69) is 29.6 Å². The average molecular weight is 561 g/mol. The van der Waals surface area contributed by atoms with Crippen LogP contribution in [0.25, 0.3) is 0 Å². The van der Waals surface area contributed by atoms with Gasteiger partial charge in [-0.3, -0.25) is 4.79 Å². The summed E-state index contributed by atoms with van der Waals surface area (Å²) in [7, 11) is 0. The molecule has 1 aromatic heterocycles. The topological polar surface area (TPSA) is 64.6 Å². The van der Waals surface area contributed by atoms with Crippen molar-refractivity contribution in [2.75, 3.05) is 5.32 Å². The van der Waals surface area contributed by atoms with E-state index in [9.17, 15) is 9.59 Å². The van der Waals surface area contributed by atoms with Crippen LogP contribution in [0, 0.1) is 0 Å². The van der Waals surface area contributed by atoms with Gasteiger partial charge in [0.25, 0.3) is 5.91 Å². The number of benzene rings is 2. The Labute approximate surface area is 205 Å². The molecule has 5 nitrogen and oxygen atoms in total. The lowest BCUT2D eigenvalue weighted by Gasteiger charge is -2.25. The molecule has 0 bridgehead atoms. The molecule has 32 heavy (non-hydrogen) atoms. The lowest BCUT2D eigenvalue weighted by molar-refractivity contribution is 0.0800. The van der Waals surface area contributed by atoms with E-state index in [-0.39, 0.29) is 17.9 Å². The smallest absolute Gasteiger partial charge is 0.350 e. The van der Waals surface area contributed by atoms with Crippen molar-refractivity contribution in [3.05, 3.63) is 81.7 Å². The van der Waals surface area contributed by atoms with E-state index in [0.717, 1.165) is 24.8 Å². The van der Waals surface area contributed by atoms with Gasteiger partial charge in [-0.15, -0.1) is 11.3 Å². The fourth-order valence-electron chi connectivity index (χ4n) is 4.11. The second kappa shape index (κ2) is 10.0. The monoisotopic (exact) mass is 561 g/mol. The molecule has 1 aliphatic carbocycles. The number of thiophene rings is 1. The molecule has 3 aromatic rings. The quantitative estimate of drug-likeness (QED) is 0.346. The van der Waals surface area contributed by atoms with Crippen LogP contribution in [0.5, 0.6) is 5.75 Å². The predicted octanol–water partition coefficient (Wildman–Crippen LogP) is 6.57. The maximum Gasteiger partial charge on any atom is 0.350 e. The molecular formula is C25H24INO4S. The molecule has 1 atom stereocenters. The third-order valence-corrected chi connectivity index (χ3v) is 6.91. The van der Waals surface area contributed by atoms with Crippen LogP contribution in [0.3, 0.4) is 0 Å².